The highest BCUT2D eigenvalue weighted by atomic mass is 16.1. The zero-order chi connectivity index (χ0) is 11.1. The first-order valence-electron chi connectivity index (χ1n) is 6.72. The summed E-state index contributed by atoms with van der Waals surface area (Å²) in [7, 11) is 2.16. The molecule has 2 saturated carbocycles. The Kier molecular flexibility index (Phi) is 2.66. The Labute approximate surface area is 97.6 Å². The van der Waals surface area contributed by atoms with E-state index in [1.54, 1.807) is 0 Å². The zero-order valence-electron chi connectivity index (χ0n) is 10.1. The zero-order valence-corrected chi connectivity index (χ0v) is 10.1. The molecule has 0 aromatic heterocycles. The number of likely N-dealkylation sites (N-methyl/N-ethyl adjacent to an activating group) is 1. The summed E-state index contributed by atoms with van der Waals surface area (Å²) >= 11 is 0. The van der Waals surface area contributed by atoms with Gasteiger partial charge in [-0.15, -0.1) is 0 Å². The average molecular weight is 222 g/mol. The van der Waals surface area contributed by atoms with E-state index in [1.807, 2.05) is 0 Å². The van der Waals surface area contributed by atoms with Crippen molar-refractivity contribution in [2.45, 2.75) is 38.1 Å². The highest BCUT2D eigenvalue weighted by Crippen LogP contribution is 2.54. The van der Waals surface area contributed by atoms with Gasteiger partial charge in [-0.25, -0.2) is 0 Å². The van der Waals surface area contributed by atoms with Crippen molar-refractivity contribution in [3.63, 3.8) is 0 Å². The summed E-state index contributed by atoms with van der Waals surface area (Å²) in [6.45, 7) is 2.05. The van der Waals surface area contributed by atoms with Gasteiger partial charge >= 0.3 is 0 Å². The van der Waals surface area contributed by atoms with Crippen LogP contribution in [0.4, 0.5) is 0 Å². The highest BCUT2D eigenvalue weighted by Gasteiger charge is 2.47. The molecule has 1 N–H and O–H groups in total. The summed E-state index contributed by atoms with van der Waals surface area (Å²) in [6, 6.07) is 0.583. The Morgan fingerprint density at radius 1 is 1.31 bits per heavy atom. The molecule has 0 radical (unpaired) electrons. The molecule has 0 spiro atoms. The van der Waals surface area contributed by atoms with Crippen molar-refractivity contribution < 1.29 is 4.79 Å². The van der Waals surface area contributed by atoms with Gasteiger partial charge in [-0.2, -0.15) is 0 Å². The van der Waals surface area contributed by atoms with E-state index in [9.17, 15) is 4.79 Å². The van der Waals surface area contributed by atoms with E-state index in [-0.39, 0.29) is 0 Å². The Balaban J connectivity index is 1.42. The number of carbonyl (C=O) groups is 1. The molecule has 1 amide bonds. The molecule has 3 aliphatic rings. The highest BCUT2D eigenvalue weighted by molar-refractivity contribution is 5.79. The van der Waals surface area contributed by atoms with Crippen LogP contribution < -0.4 is 5.32 Å². The van der Waals surface area contributed by atoms with Crippen LogP contribution in [0.3, 0.4) is 0 Å². The summed E-state index contributed by atoms with van der Waals surface area (Å²) in [6.07, 6.45) is 6.25. The van der Waals surface area contributed by atoms with Crippen LogP contribution in [0.15, 0.2) is 0 Å². The van der Waals surface area contributed by atoms with Gasteiger partial charge in [0.05, 0.1) is 0 Å². The van der Waals surface area contributed by atoms with E-state index in [2.05, 4.69) is 17.3 Å². The van der Waals surface area contributed by atoms with Crippen LogP contribution in [0.2, 0.25) is 0 Å². The van der Waals surface area contributed by atoms with E-state index in [1.165, 1.54) is 25.8 Å². The van der Waals surface area contributed by atoms with Gasteiger partial charge in [0.2, 0.25) is 5.91 Å². The van der Waals surface area contributed by atoms with Gasteiger partial charge in [-0.1, -0.05) is 0 Å². The first kappa shape index (κ1) is 10.6. The first-order chi connectivity index (χ1) is 7.74. The first-order valence-corrected chi connectivity index (χ1v) is 6.72. The molecule has 3 atom stereocenters. The number of likely N-dealkylation sites (tertiary alicyclic amines) is 1. The Bertz CT molecular complexity index is 282. The van der Waals surface area contributed by atoms with Crippen molar-refractivity contribution in [2.75, 3.05) is 20.1 Å². The van der Waals surface area contributed by atoms with Crippen LogP contribution in [0.1, 0.15) is 32.1 Å². The van der Waals surface area contributed by atoms with E-state index in [4.69, 9.17) is 0 Å². The van der Waals surface area contributed by atoms with Crippen molar-refractivity contribution in [1.29, 1.82) is 0 Å². The van der Waals surface area contributed by atoms with Gasteiger partial charge in [0.25, 0.3) is 0 Å². The molecule has 0 aromatic rings. The summed E-state index contributed by atoms with van der Waals surface area (Å²) in [5.74, 6) is 2.48. The monoisotopic (exact) mass is 222 g/mol. The average Bonchev–Trinajstić information content (AvgIpc) is 2.71. The number of hydrogen-bond donors (Lipinski definition) is 1. The summed E-state index contributed by atoms with van der Waals surface area (Å²) < 4.78 is 0. The molecule has 3 nitrogen and oxygen atoms in total. The van der Waals surface area contributed by atoms with Crippen molar-refractivity contribution in [3.05, 3.63) is 0 Å². The SMILES string of the molecule is CN1CCCC1CNC(=O)C1CC2CC2C1. The van der Waals surface area contributed by atoms with E-state index < -0.39 is 0 Å². The van der Waals surface area contributed by atoms with Gasteiger partial charge in [-0.3, -0.25) is 4.79 Å². The lowest BCUT2D eigenvalue weighted by atomic mass is 10.0. The van der Waals surface area contributed by atoms with Crippen LogP contribution in [-0.4, -0.2) is 37.0 Å². The lowest BCUT2D eigenvalue weighted by molar-refractivity contribution is -0.125. The Morgan fingerprint density at radius 2 is 2.06 bits per heavy atom. The quantitative estimate of drug-likeness (QED) is 0.779. The molecular formula is C13H22N2O. The minimum absolute atomic E-state index is 0.326. The number of nitrogens with zero attached hydrogens (tertiary/aromatic N) is 1. The second kappa shape index (κ2) is 4.02. The summed E-state index contributed by atoms with van der Waals surface area (Å²) in [5, 5.41) is 3.16. The van der Waals surface area contributed by atoms with Gasteiger partial charge in [0, 0.05) is 18.5 Å². The number of amides is 1. The van der Waals surface area contributed by atoms with Gasteiger partial charge in [-0.05, 0) is 57.5 Å². The molecule has 16 heavy (non-hydrogen) atoms. The number of fused-ring (bicyclic) bond motifs is 1. The molecule has 1 aliphatic heterocycles. The standard InChI is InChI=1S/C13H22N2O/c1-15-4-2-3-12(15)8-14-13(16)11-6-9-5-10(9)7-11/h9-12H,2-8H2,1H3,(H,14,16). The Hall–Kier alpha value is -0.570. The fraction of sp³-hybridized carbons (Fsp3) is 0.923. The van der Waals surface area contributed by atoms with E-state index >= 15 is 0 Å². The predicted molar refractivity (Wildman–Crippen MR) is 63.0 cm³/mol. The topological polar surface area (TPSA) is 32.3 Å². The molecule has 3 rings (SSSR count). The molecule has 3 unspecified atom stereocenters. The van der Waals surface area contributed by atoms with Gasteiger partial charge in [0.15, 0.2) is 0 Å². The largest absolute Gasteiger partial charge is 0.354 e. The lowest BCUT2D eigenvalue weighted by Gasteiger charge is -2.21. The molecule has 2 aliphatic carbocycles. The maximum absolute atomic E-state index is 11.9. The van der Waals surface area contributed by atoms with Crippen LogP contribution >= 0.6 is 0 Å². The minimum Gasteiger partial charge on any atom is -0.354 e. The fourth-order valence-corrected chi connectivity index (χ4v) is 3.53. The Morgan fingerprint density at radius 3 is 2.69 bits per heavy atom. The third-order valence-corrected chi connectivity index (χ3v) is 4.80. The maximum atomic E-state index is 11.9. The van der Waals surface area contributed by atoms with Crippen molar-refractivity contribution in [2.24, 2.45) is 17.8 Å². The molecule has 1 saturated heterocycles. The predicted octanol–water partition coefficient (Wildman–Crippen LogP) is 1.24. The molecular weight excluding hydrogens is 200 g/mol. The second-order valence-corrected chi connectivity index (χ2v) is 5.95. The number of hydrogen-bond acceptors (Lipinski definition) is 2. The third kappa shape index (κ3) is 1.97. The number of nitrogens with one attached hydrogen (secondary N) is 1. The smallest absolute Gasteiger partial charge is 0.223 e. The van der Waals surface area contributed by atoms with E-state index in [0.717, 1.165) is 31.2 Å². The molecule has 1 heterocycles. The van der Waals surface area contributed by atoms with Crippen molar-refractivity contribution in [1.82, 2.24) is 10.2 Å². The van der Waals surface area contributed by atoms with Gasteiger partial charge in [0.1, 0.15) is 0 Å². The molecule has 3 fully saturated rings. The number of carbonyl (C=O) groups excluding carboxylic acids is 1. The van der Waals surface area contributed by atoms with Crippen LogP contribution in [0.25, 0.3) is 0 Å². The molecule has 3 heteroatoms. The fourth-order valence-electron chi connectivity index (χ4n) is 3.53. The van der Waals surface area contributed by atoms with Crippen molar-refractivity contribution in [3.8, 4) is 0 Å². The third-order valence-electron chi connectivity index (χ3n) is 4.80. The summed E-state index contributed by atoms with van der Waals surface area (Å²) in [4.78, 5) is 14.3. The summed E-state index contributed by atoms with van der Waals surface area (Å²) in [5.41, 5.74) is 0. The molecule has 0 aromatic carbocycles. The second-order valence-electron chi connectivity index (χ2n) is 5.95. The van der Waals surface area contributed by atoms with Crippen LogP contribution in [-0.2, 0) is 4.79 Å². The molecule has 0 bridgehead atoms. The normalized spacial score (nSPS) is 42.1. The van der Waals surface area contributed by atoms with Crippen LogP contribution in [0.5, 0.6) is 0 Å². The van der Waals surface area contributed by atoms with Gasteiger partial charge < -0.3 is 10.2 Å². The number of rotatable bonds is 3. The van der Waals surface area contributed by atoms with Crippen LogP contribution in [0, 0.1) is 17.8 Å². The van der Waals surface area contributed by atoms with Crippen molar-refractivity contribution >= 4 is 5.91 Å². The molecule has 90 valence electrons. The van der Waals surface area contributed by atoms with E-state index in [0.29, 0.717) is 17.9 Å². The maximum Gasteiger partial charge on any atom is 0.223 e. The minimum atomic E-state index is 0.326. The lowest BCUT2D eigenvalue weighted by Crippen LogP contribution is -2.40.